The molecule has 2 aromatic carbocycles. The van der Waals surface area contributed by atoms with Crippen LogP contribution in [0, 0.1) is 5.82 Å². The van der Waals surface area contributed by atoms with Crippen LogP contribution in [-0.4, -0.2) is 8.42 Å². The van der Waals surface area contributed by atoms with Crippen molar-refractivity contribution in [2.24, 2.45) is 5.14 Å². The summed E-state index contributed by atoms with van der Waals surface area (Å²) in [6.45, 7) is 0.236. The maximum atomic E-state index is 13.6. The van der Waals surface area contributed by atoms with E-state index in [2.05, 4.69) is 5.32 Å². The van der Waals surface area contributed by atoms with E-state index >= 15 is 0 Å². The predicted molar refractivity (Wildman–Crippen MR) is 82.0 cm³/mol. The normalized spacial score (nSPS) is 11.4. The van der Waals surface area contributed by atoms with Gasteiger partial charge in [0.1, 0.15) is 5.82 Å². The lowest BCUT2D eigenvalue weighted by Gasteiger charge is -2.09. The lowest BCUT2D eigenvalue weighted by Crippen LogP contribution is -2.14. The lowest BCUT2D eigenvalue weighted by atomic mass is 10.2. The van der Waals surface area contributed by atoms with Gasteiger partial charge in [-0.05, 0) is 29.8 Å². The molecule has 0 heterocycles. The number of nitrogens with two attached hydrogens (primary N) is 1. The number of benzene rings is 2. The van der Waals surface area contributed by atoms with E-state index in [4.69, 9.17) is 16.7 Å². The standard InChI is InChI=1S/C14H14ClFN2O2S/c15-13-2-1-3-14(16)12(13)8-18-11-6-4-10(5-7-11)9-21(17,19)20/h1-7,18H,8-9H2,(H2,17,19,20). The van der Waals surface area contributed by atoms with Crippen molar-refractivity contribution in [2.75, 3.05) is 5.32 Å². The van der Waals surface area contributed by atoms with E-state index in [0.29, 0.717) is 16.1 Å². The van der Waals surface area contributed by atoms with Crippen LogP contribution in [0.15, 0.2) is 42.5 Å². The highest BCUT2D eigenvalue weighted by molar-refractivity contribution is 7.88. The molecule has 0 saturated heterocycles. The summed E-state index contributed by atoms with van der Waals surface area (Å²) in [5, 5.41) is 8.36. The Hall–Kier alpha value is -1.63. The fourth-order valence-corrected chi connectivity index (χ4v) is 2.73. The number of primary sulfonamides is 1. The molecule has 4 nitrogen and oxygen atoms in total. The van der Waals surface area contributed by atoms with Gasteiger partial charge in [-0.15, -0.1) is 0 Å². The van der Waals surface area contributed by atoms with Gasteiger partial charge < -0.3 is 5.32 Å². The lowest BCUT2D eigenvalue weighted by molar-refractivity contribution is 0.597. The van der Waals surface area contributed by atoms with E-state index in [1.807, 2.05) is 0 Å². The second kappa shape index (κ2) is 6.43. The molecular weight excluding hydrogens is 315 g/mol. The van der Waals surface area contributed by atoms with Gasteiger partial charge in [-0.25, -0.2) is 17.9 Å². The number of nitrogens with one attached hydrogen (secondary N) is 1. The molecule has 0 aliphatic rings. The Balaban J connectivity index is 2.04. The molecule has 0 radical (unpaired) electrons. The van der Waals surface area contributed by atoms with Gasteiger partial charge in [0.05, 0.1) is 5.75 Å². The first-order chi connectivity index (χ1) is 9.85. The fourth-order valence-electron chi connectivity index (χ4n) is 1.84. The Bertz CT molecular complexity index is 713. The molecule has 0 unspecified atom stereocenters. The highest BCUT2D eigenvalue weighted by Gasteiger charge is 2.07. The molecule has 0 atom stereocenters. The van der Waals surface area contributed by atoms with Gasteiger partial charge in [-0.2, -0.15) is 0 Å². The molecule has 0 aliphatic heterocycles. The molecule has 0 bridgehead atoms. The third kappa shape index (κ3) is 4.70. The predicted octanol–water partition coefficient (Wildman–Crippen LogP) is 2.88. The maximum Gasteiger partial charge on any atom is 0.213 e. The molecule has 0 aromatic heterocycles. The minimum absolute atomic E-state index is 0.216. The number of hydrogen-bond donors (Lipinski definition) is 2. The van der Waals surface area contributed by atoms with E-state index in [1.54, 1.807) is 36.4 Å². The summed E-state index contributed by atoms with van der Waals surface area (Å²) in [4.78, 5) is 0. The largest absolute Gasteiger partial charge is 0.381 e. The van der Waals surface area contributed by atoms with Gasteiger partial charge in [0, 0.05) is 22.8 Å². The van der Waals surface area contributed by atoms with Gasteiger partial charge in [0.25, 0.3) is 0 Å². The van der Waals surface area contributed by atoms with Crippen molar-refractivity contribution >= 4 is 27.3 Å². The molecule has 2 rings (SSSR count). The zero-order chi connectivity index (χ0) is 15.5. The second-order valence-electron chi connectivity index (χ2n) is 4.56. The van der Waals surface area contributed by atoms with Crippen LogP contribution < -0.4 is 10.5 Å². The topological polar surface area (TPSA) is 72.2 Å². The molecule has 3 N–H and O–H groups in total. The molecule has 7 heteroatoms. The van der Waals surface area contributed by atoms with Crippen LogP contribution in [0.2, 0.25) is 5.02 Å². The molecule has 0 saturated carbocycles. The number of hydrogen-bond acceptors (Lipinski definition) is 3. The van der Waals surface area contributed by atoms with Crippen LogP contribution in [0.5, 0.6) is 0 Å². The summed E-state index contributed by atoms with van der Waals surface area (Å²) in [6.07, 6.45) is 0. The van der Waals surface area contributed by atoms with Gasteiger partial charge >= 0.3 is 0 Å². The first-order valence-corrected chi connectivity index (χ1v) is 8.21. The van der Waals surface area contributed by atoms with Crippen molar-refractivity contribution < 1.29 is 12.8 Å². The molecule has 21 heavy (non-hydrogen) atoms. The summed E-state index contributed by atoms with van der Waals surface area (Å²) in [5.74, 6) is -0.590. The van der Waals surface area contributed by atoms with Crippen LogP contribution in [0.1, 0.15) is 11.1 Å². The average Bonchev–Trinajstić information content (AvgIpc) is 2.38. The summed E-state index contributed by atoms with van der Waals surface area (Å²) in [6, 6.07) is 11.2. The minimum Gasteiger partial charge on any atom is -0.381 e. The molecule has 0 spiro atoms. The Morgan fingerprint density at radius 2 is 1.81 bits per heavy atom. The van der Waals surface area contributed by atoms with E-state index in [9.17, 15) is 12.8 Å². The van der Waals surface area contributed by atoms with Crippen LogP contribution in [0.3, 0.4) is 0 Å². The van der Waals surface area contributed by atoms with Crippen LogP contribution in [0.4, 0.5) is 10.1 Å². The van der Waals surface area contributed by atoms with Crippen molar-refractivity contribution in [1.29, 1.82) is 0 Å². The van der Waals surface area contributed by atoms with Crippen molar-refractivity contribution in [3.63, 3.8) is 0 Å². The first kappa shape index (κ1) is 15.8. The first-order valence-electron chi connectivity index (χ1n) is 6.11. The summed E-state index contributed by atoms with van der Waals surface area (Å²) < 4.78 is 35.6. The second-order valence-corrected chi connectivity index (χ2v) is 6.58. The Labute approximate surface area is 127 Å². The number of rotatable bonds is 5. The molecule has 0 fully saturated rings. The fraction of sp³-hybridized carbons (Fsp3) is 0.143. The summed E-state index contributed by atoms with van der Waals surface area (Å²) >= 11 is 5.93. The Kier molecular flexibility index (Phi) is 4.82. The van der Waals surface area contributed by atoms with E-state index < -0.39 is 10.0 Å². The minimum atomic E-state index is -3.54. The highest BCUT2D eigenvalue weighted by Crippen LogP contribution is 2.20. The summed E-state index contributed by atoms with van der Waals surface area (Å²) in [7, 11) is -3.54. The van der Waals surface area contributed by atoms with Gasteiger partial charge in [0.2, 0.25) is 10.0 Å². The monoisotopic (exact) mass is 328 g/mol. The SMILES string of the molecule is NS(=O)(=O)Cc1ccc(NCc2c(F)cccc2Cl)cc1. The molecule has 112 valence electrons. The summed E-state index contributed by atoms with van der Waals surface area (Å²) in [5.41, 5.74) is 1.70. The van der Waals surface area contributed by atoms with Gasteiger partial charge in [-0.1, -0.05) is 29.8 Å². The zero-order valence-electron chi connectivity index (χ0n) is 11.0. The zero-order valence-corrected chi connectivity index (χ0v) is 12.6. The third-order valence-corrected chi connectivity index (χ3v) is 3.94. The van der Waals surface area contributed by atoms with Crippen molar-refractivity contribution in [2.45, 2.75) is 12.3 Å². The van der Waals surface area contributed by atoms with Crippen LogP contribution in [-0.2, 0) is 22.3 Å². The highest BCUT2D eigenvalue weighted by atomic mass is 35.5. The van der Waals surface area contributed by atoms with Gasteiger partial charge in [0.15, 0.2) is 0 Å². The smallest absolute Gasteiger partial charge is 0.213 e. The number of anilines is 1. The van der Waals surface area contributed by atoms with E-state index in [1.165, 1.54) is 6.07 Å². The van der Waals surface area contributed by atoms with E-state index in [-0.39, 0.29) is 18.1 Å². The quantitative estimate of drug-likeness (QED) is 0.886. The Morgan fingerprint density at radius 3 is 2.38 bits per heavy atom. The van der Waals surface area contributed by atoms with Crippen LogP contribution in [0.25, 0.3) is 0 Å². The molecule has 2 aromatic rings. The maximum absolute atomic E-state index is 13.6. The van der Waals surface area contributed by atoms with Crippen molar-refractivity contribution in [1.82, 2.24) is 0 Å². The Morgan fingerprint density at radius 1 is 1.14 bits per heavy atom. The van der Waals surface area contributed by atoms with Crippen molar-refractivity contribution in [3.8, 4) is 0 Å². The van der Waals surface area contributed by atoms with Crippen LogP contribution >= 0.6 is 11.6 Å². The molecule has 0 aliphatic carbocycles. The molecule has 0 amide bonds. The van der Waals surface area contributed by atoms with Crippen molar-refractivity contribution in [3.05, 3.63) is 64.4 Å². The van der Waals surface area contributed by atoms with Gasteiger partial charge in [-0.3, -0.25) is 0 Å². The molecular formula is C14H14ClFN2O2S. The number of sulfonamides is 1. The average molecular weight is 329 g/mol. The third-order valence-electron chi connectivity index (χ3n) is 2.85. The van der Waals surface area contributed by atoms with E-state index in [0.717, 1.165) is 5.69 Å². The number of halogens is 2.